The second-order valence-corrected chi connectivity index (χ2v) is 4.83. The number of allylic oxidation sites excluding steroid dienone is 1. The molecule has 1 aliphatic rings. The Bertz CT molecular complexity index is 568. The summed E-state index contributed by atoms with van der Waals surface area (Å²) < 4.78 is 0. The summed E-state index contributed by atoms with van der Waals surface area (Å²) in [4.78, 5) is 0. The highest BCUT2D eigenvalue weighted by molar-refractivity contribution is 9.08. The van der Waals surface area contributed by atoms with E-state index in [9.17, 15) is 0 Å². The molecule has 3 rings (SSSR count). The second-order valence-electron chi connectivity index (χ2n) is 4.27. The lowest BCUT2D eigenvalue weighted by molar-refractivity contribution is 1.28. The van der Waals surface area contributed by atoms with Gasteiger partial charge in [0.2, 0.25) is 0 Å². The Labute approximate surface area is 110 Å². The first kappa shape index (κ1) is 10.8. The van der Waals surface area contributed by atoms with E-state index in [1.54, 1.807) is 0 Å². The number of halogens is 1. The van der Waals surface area contributed by atoms with Crippen LogP contribution >= 0.6 is 15.9 Å². The summed E-state index contributed by atoms with van der Waals surface area (Å²) >= 11 is 3.63. The molecule has 0 nitrogen and oxygen atoms in total. The lowest BCUT2D eigenvalue weighted by Gasteiger charge is -2.12. The molecule has 0 bridgehead atoms. The molecule has 0 saturated heterocycles. The molecule has 0 spiro atoms. The van der Waals surface area contributed by atoms with Crippen molar-refractivity contribution in [3.05, 3.63) is 65.2 Å². The van der Waals surface area contributed by atoms with E-state index >= 15 is 0 Å². The van der Waals surface area contributed by atoms with Crippen molar-refractivity contribution in [3.63, 3.8) is 0 Å². The van der Waals surface area contributed by atoms with Crippen molar-refractivity contribution in [1.82, 2.24) is 0 Å². The van der Waals surface area contributed by atoms with Gasteiger partial charge in [-0.25, -0.2) is 0 Å². The van der Waals surface area contributed by atoms with Crippen molar-refractivity contribution in [2.45, 2.75) is 11.8 Å². The fraction of sp³-hybridized carbons (Fsp3) is 0.125. The van der Waals surface area contributed by atoms with E-state index < -0.39 is 0 Å². The highest BCUT2D eigenvalue weighted by Gasteiger charge is 2.13. The molecule has 1 aliphatic carbocycles. The molecule has 2 aromatic rings. The highest BCUT2D eigenvalue weighted by atomic mass is 79.9. The zero-order valence-corrected chi connectivity index (χ0v) is 11.1. The van der Waals surface area contributed by atoms with Crippen LogP contribution in [0.4, 0.5) is 0 Å². The zero-order valence-electron chi connectivity index (χ0n) is 9.49. The van der Waals surface area contributed by atoms with Crippen LogP contribution in [0.5, 0.6) is 0 Å². The van der Waals surface area contributed by atoms with Crippen LogP contribution < -0.4 is 0 Å². The van der Waals surface area contributed by atoms with Gasteiger partial charge >= 0.3 is 0 Å². The quantitative estimate of drug-likeness (QED) is 0.694. The maximum absolute atomic E-state index is 3.63. The van der Waals surface area contributed by atoms with Crippen LogP contribution in [0.15, 0.2) is 48.5 Å². The molecule has 0 aliphatic heterocycles. The average Bonchev–Trinajstić information content (AvgIpc) is 2.86. The standard InChI is InChI=1S/C16H13Br/c17-11-16-14-8-4-7-13(14)9-10-15(16)12-5-2-1-3-6-12/h1-6,8-10H,7,11H2. The van der Waals surface area contributed by atoms with Gasteiger partial charge in [-0.2, -0.15) is 0 Å². The Morgan fingerprint density at radius 1 is 1.00 bits per heavy atom. The zero-order chi connectivity index (χ0) is 11.7. The van der Waals surface area contributed by atoms with Crippen LogP contribution in [0.1, 0.15) is 16.7 Å². The molecular weight excluding hydrogens is 272 g/mol. The van der Waals surface area contributed by atoms with E-state index in [0.29, 0.717) is 0 Å². The minimum absolute atomic E-state index is 0.907. The maximum Gasteiger partial charge on any atom is 0.0295 e. The number of rotatable bonds is 2. The molecule has 0 aromatic heterocycles. The average molecular weight is 285 g/mol. The summed E-state index contributed by atoms with van der Waals surface area (Å²) in [6, 6.07) is 15.1. The van der Waals surface area contributed by atoms with Crippen molar-refractivity contribution in [3.8, 4) is 11.1 Å². The number of hydrogen-bond donors (Lipinski definition) is 0. The number of alkyl halides is 1. The summed E-state index contributed by atoms with van der Waals surface area (Å²) in [6.07, 6.45) is 5.56. The van der Waals surface area contributed by atoms with Crippen LogP contribution in [-0.2, 0) is 11.8 Å². The van der Waals surface area contributed by atoms with Gasteiger partial charge in [0.05, 0.1) is 0 Å². The first-order valence-electron chi connectivity index (χ1n) is 5.83. The second kappa shape index (κ2) is 4.50. The van der Waals surface area contributed by atoms with Crippen LogP contribution in [0.25, 0.3) is 17.2 Å². The molecule has 0 amide bonds. The van der Waals surface area contributed by atoms with Crippen molar-refractivity contribution < 1.29 is 0 Å². The SMILES string of the molecule is BrCc1c(-c2ccccc2)ccc2c1C=CC2. The highest BCUT2D eigenvalue weighted by Crippen LogP contribution is 2.33. The smallest absolute Gasteiger partial charge is 0.0295 e. The Kier molecular flexibility index (Phi) is 2.86. The molecule has 0 unspecified atom stereocenters. The molecule has 1 heteroatoms. The molecule has 0 N–H and O–H groups in total. The van der Waals surface area contributed by atoms with Gasteiger partial charge in [0, 0.05) is 5.33 Å². The first-order valence-corrected chi connectivity index (χ1v) is 6.95. The third-order valence-corrected chi connectivity index (χ3v) is 3.85. The maximum atomic E-state index is 3.63. The normalized spacial score (nSPS) is 12.8. The van der Waals surface area contributed by atoms with Crippen LogP contribution in [0.2, 0.25) is 0 Å². The van der Waals surface area contributed by atoms with Gasteiger partial charge in [0.1, 0.15) is 0 Å². The predicted octanol–water partition coefficient (Wildman–Crippen LogP) is 4.82. The summed E-state index contributed by atoms with van der Waals surface area (Å²) in [5.41, 5.74) is 6.89. The molecule has 0 fully saturated rings. The van der Waals surface area contributed by atoms with Crippen LogP contribution in [0, 0.1) is 0 Å². The summed E-state index contributed by atoms with van der Waals surface area (Å²) in [7, 11) is 0. The fourth-order valence-corrected chi connectivity index (χ4v) is 3.04. The molecule has 0 heterocycles. The molecule has 0 saturated carbocycles. The van der Waals surface area contributed by atoms with E-state index in [0.717, 1.165) is 11.8 Å². The third kappa shape index (κ3) is 1.85. The van der Waals surface area contributed by atoms with Gasteiger partial charge < -0.3 is 0 Å². The topological polar surface area (TPSA) is 0 Å². The van der Waals surface area contributed by atoms with Gasteiger partial charge in [-0.1, -0.05) is 70.5 Å². The van der Waals surface area contributed by atoms with Gasteiger partial charge in [-0.3, -0.25) is 0 Å². The Hall–Kier alpha value is -1.34. The summed E-state index contributed by atoms with van der Waals surface area (Å²) in [5.74, 6) is 0. The van der Waals surface area contributed by atoms with Gasteiger partial charge in [0.25, 0.3) is 0 Å². The lowest BCUT2D eigenvalue weighted by Crippen LogP contribution is -1.93. The van der Waals surface area contributed by atoms with Crippen molar-refractivity contribution in [1.29, 1.82) is 0 Å². The molecular formula is C16H13Br. The monoisotopic (exact) mass is 284 g/mol. The van der Waals surface area contributed by atoms with E-state index in [1.807, 2.05) is 0 Å². The van der Waals surface area contributed by atoms with Crippen molar-refractivity contribution in [2.75, 3.05) is 0 Å². The van der Waals surface area contributed by atoms with E-state index in [4.69, 9.17) is 0 Å². The van der Waals surface area contributed by atoms with Crippen LogP contribution in [0.3, 0.4) is 0 Å². The Morgan fingerprint density at radius 3 is 2.59 bits per heavy atom. The Balaban J connectivity index is 2.21. The van der Waals surface area contributed by atoms with Gasteiger partial charge in [-0.15, -0.1) is 0 Å². The molecule has 17 heavy (non-hydrogen) atoms. The summed E-state index contributed by atoms with van der Waals surface area (Å²) in [5, 5.41) is 0.907. The third-order valence-electron chi connectivity index (χ3n) is 3.29. The Morgan fingerprint density at radius 2 is 1.82 bits per heavy atom. The number of benzene rings is 2. The van der Waals surface area contributed by atoms with E-state index in [2.05, 4.69) is 70.5 Å². The first-order chi connectivity index (χ1) is 8.40. The molecule has 2 aromatic carbocycles. The molecule has 84 valence electrons. The molecule has 0 atom stereocenters. The minimum Gasteiger partial charge on any atom is -0.0876 e. The fourth-order valence-electron chi connectivity index (χ4n) is 2.43. The number of hydrogen-bond acceptors (Lipinski definition) is 0. The van der Waals surface area contributed by atoms with Crippen molar-refractivity contribution in [2.24, 2.45) is 0 Å². The van der Waals surface area contributed by atoms with E-state index in [-0.39, 0.29) is 0 Å². The van der Waals surface area contributed by atoms with Crippen LogP contribution in [-0.4, -0.2) is 0 Å². The van der Waals surface area contributed by atoms with Gasteiger partial charge in [0.15, 0.2) is 0 Å². The summed E-state index contributed by atoms with van der Waals surface area (Å²) in [6.45, 7) is 0. The number of fused-ring (bicyclic) bond motifs is 1. The van der Waals surface area contributed by atoms with Gasteiger partial charge in [-0.05, 0) is 34.2 Å². The van der Waals surface area contributed by atoms with E-state index in [1.165, 1.54) is 27.8 Å². The largest absolute Gasteiger partial charge is 0.0876 e. The predicted molar refractivity (Wildman–Crippen MR) is 77.2 cm³/mol. The lowest BCUT2D eigenvalue weighted by atomic mass is 9.94. The minimum atomic E-state index is 0.907. The molecule has 0 radical (unpaired) electrons. The van der Waals surface area contributed by atoms with Crippen molar-refractivity contribution >= 4 is 22.0 Å².